The van der Waals surface area contributed by atoms with Crippen molar-refractivity contribution in [3.8, 4) is 11.3 Å². The van der Waals surface area contributed by atoms with Gasteiger partial charge in [0.25, 0.3) is 0 Å². The first-order chi connectivity index (χ1) is 9.31. The highest BCUT2D eigenvalue weighted by molar-refractivity contribution is 7.14. The van der Waals surface area contributed by atoms with Gasteiger partial charge in [0.15, 0.2) is 5.13 Å². The number of rotatable bonds is 3. The van der Waals surface area contributed by atoms with Gasteiger partial charge >= 0.3 is 0 Å². The SMILES string of the molecule is Cc1ccc(Nc2nc(-c3cccnc3)cs2)cn1. The molecule has 5 heteroatoms. The molecule has 0 unspecified atom stereocenters. The molecule has 0 saturated carbocycles. The third-order valence-corrected chi connectivity index (χ3v) is 3.38. The smallest absolute Gasteiger partial charge is 0.187 e. The Labute approximate surface area is 115 Å². The van der Waals surface area contributed by atoms with E-state index < -0.39 is 0 Å². The summed E-state index contributed by atoms with van der Waals surface area (Å²) in [7, 11) is 0. The van der Waals surface area contributed by atoms with E-state index in [1.165, 1.54) is 0 Å². The fraction of sp³-hybridized carbons (Fsp3) is 0.0714. The van der Waals surface area contributed by atoms with Crippen LogP contribution >= 0.6 is 11.3 Å². The van der Waals surface area contributed by atoms with Crippen molar-refractivity contribution < 1.29 is 0 Å². The zero-order valence-electron chi connectivity index (χ0n) is 10.4. The number of nitrogens with one attached hydrogen (secondary N) is 1. The molecule has 0 radical (unpaired) electrons. The lowest BCUT2D eigenvalue weighted by molar-refractivity contribution is 1.20. The van der Waals surface area contributed by atoms with Crippen molar-refractivity contribution in [2.45, 2.75) is 6.92 Å². The van der Waals surface area contributed by atoms with Gasteiger partial charge < -0.3 is 5.32 Å². The van der Waals surface area contributed by atoms with E-state index in [2.05, 4.69) is 20.3 Å². The number of nitrogens with zero attached hydrogens (tertiary/aromatic N) is 3. The maximum atomic E-state index is 4.54. The summed E-state index contributed by atoms with van der Waals surface area (Å²) < 4.78 is 0. The standard InChI is InChI=1S/C14H12N4S/c1-10-4-5-12(8-16-10)17-14-18-13(9-19-14)11-3-2-6-15-7-11/h2-9H,1H3,(H,17,18). The van der Waals surface area contributed by atoms with Crippen LogP contribution in [0.25, 0.3) is 11.3 Å². The van der Waals surface area contributed by atoms with E-state index >= 15 is 0 Å². The van der Waals surface area contributed by atoms with Crippen LogP contribution < -0.4 is 5.32 Å². The highest BCUT2D eigenvalue weighted by Gasteiger charge is 2.04. The highest BCUT2D eigenvalue weighted by atomic mass is 32.1. The van der Waals surface area contributed by atoms with Gasteiger partial charge in [-0.3, -0.25) is 9.97 Å². The summed E-state index contributed by atoms with van der Waals surface area (Å²) in [6, 6.07) is 7.87. The molecule has 3 heterocycles. The number of hydrogen-bond acceptors (Lipinski definition) is 5. The molecule has 0 bridgehead atoms. The van der Waals surface area contributed by atoms with Crippen LogP contribution in [0.15, 0.2) is 48.2 Å². The second kappa shape index (κ2) is 5.16. The predicted octanol–water partition coefficient (Wildman–Crippen LogP) is 3.65. The molecule has 0 saturated heterocycles. The molecule has 0 spiro atoms. The molecule has 0 aliphatic carbocycles. The van der Waals surface area contributed by atoms with Gasteiger partial charge in [-0.1, -0.05) is 0 Å². The Kier molecular flexibility index (Phi) is 3.20. The fourth-order valence-corrected chi connectivity index (χ4v) is 2.38. The molecule has 4 nitrogen and oxygen atoms in total. The van der Waals surface area contributed by atoms with Crippen LogP contribution in [0.5, 0.6) is 0 Å². The first kappa shape index (κ1) is 11.8. The lowest BCUT2D eigenvalue weighted by Crippen LogP contribution is -1.91. The Morgan fingerprint density at radius 1 is 1.16 bits per heavy atom. The number of aryl methyl sites for hydroxylation is 1. The van der Waals surface area contributed by atoms with Gasteiger partial charge in [-0.05, 0) is 31.2 Å². The highest BCUT2D eigenvalue weighted by Crippen LogP contribution is 2.26. The van der Waals surface area contributed by atoms with Crippen LogP contribution in [-0.4, -0.2) is 15.0 Å². The van der Waals surface area contributed by atoms with Gasteiger partial charge in [-0.25, -0.2) is 4.98 Å². The van der Waals surface area contributed by atoms with E-state index in [9.17, 15) is 0 Å². The number of aromatic nitrogens is 3. The Bertz CT molecular complexity index is 661. The van der Waals surface area contributed by atoms with Crippen LogP contribution in [0.1, 0.15) is 5.69 Å². The third kappa shape index (κ3) is 2.77. The van der Waals surface area contributed by atoms with Crippen molar-refractivity contribution in [2.24, 2.45) is 0 Å². The molecule has 0 aliphatic rings. The topological polar surface area (TPSA) is 50.7 Å². The molecular formula is C14H12N4S. The van der Waals surface area contributed by atoms with Crippen molar-refractivity contribution in [3.05, 3.63) is 53.9 Å². The van der Waals surface area contributed by atoms with Crippen LogP contribution in [0.2, 0.25) is 0 Å². The average Bonchev–Trinajstić information content (AvgIpc) is 2.91. The van der Waals surface area contributed by atoms with Crippen LogP contribution in [-0.2, 0) is 0 Å². The molecule has 0 fully saturated rings. The zero-order valence-corrected chi connectivity index (χ0v) is 11.2. The molecule has 0 atom stereocenters. The maximum Gasteiger partial charge on any atom is 0.187 e. The van der Waals surface area contributed by atoms with Crippen LogP contribution in [0, 0.1) is 6.92 Å². The Hall–Kier alpha value is -2.27. The van der Waals surface area contributed by atoms with Gasteiger partial charge in [0, 0.05) is 29.0 Å². The molecule has 3 aromatic rings. The minimum atomic E-state index is 0.851. The molecule has 1 N–H and O–H groups in total. The van der Waals surface area contributed by atoms with Crippen LogP contribution in [0.3, 0.4) is 0 Å². The largest absolute Gasteiger partial charge is 0.330 e. The van der Waals surface area contributed by atoms with E-state index in [0.717, 1.165) is 27.8 Å². The first-order valence-corrected chi connectivity index (χ1v) is 6.75. The lowest BCUT2D eigenvalue weighted by Gasteiger charge is -2.01. The molecular weight excluding hydrogens is 256 g/mol. The van der Waals surface area contributed by atoms with E-state index in [0.29, 0.717) is 0 Å². The van der Waals surface area contributed by atoms with Crippen LogP contribution in [0.4, 0.5) is 10.8 Å². The lowest BCUT2D eigenvalue weighted by atomic mass is 10.2. The molecule has 0 aromatic carbocycles. The van der Waals surface area contributed by atoms with E-state index in [-0.39, 0.29) is 0 Å². The number of hydrogen-bond donors (Lipinski definition) is 1. The third-order valence-electron chi connectivity index (χ3n) is 2.62. The second-order valence-electron chi connectivity index (χ2n) is 4.09. The summed E-state index contributed by atoms with van der Waals surface area (Å²) in [4.78, 5) is 12.9. The second-order valence-corrected chi connectivity index (χ2v) is 4.95. The predicted molar refractivity (Wildman–Crippen MR) is 77.6 cm³/mol. The van der Waals surface area contributed by atoms with Gasteiger partial charge in [0.05, 0.1) is 17.6 Å². The monoisotopic (exact) mass is 268 g/mol. The molecule has 0 amide bonds. The molecule has 3 rings (SSSR count). The van der Waals surface area contributed by atoms with Crippen molar-refractivity contribution >= 4 is 22.2 Å². The van der Waals surface area contributed by atoms with Gasteiger partial charge in [0.2, 0.25) is 0 Å². The van der Waals surface area contributed by atoms with Crippen molar-refractivity contribution in [3.63, 3.8) is 0 Å². The number of anilines is 2. The fourth-order valence-electron chi connectivity index (χ4n) is 1.64. The summed E-state index contributed by atoms with van der Waals surface area (Å²) in [5.41, 5.74) is 3.90. The quantitative estimate of drug-likeness (QED) is 0.787. The van der Waals surface area contributed by atoms with Gasteiger partial charge in [0.1, 0.15) is 0 Å². The molecule has 19 heavy (non-hydrogen) atoms. The van der Waals surface area contributed by atoms with Gasteiger partial charge in [-0.15, -0.1) is 11.3 Å². The Balaban J connectivity index is 1.80. The van der Waals surface area contributed by atoms with E-state index in [4.69, 9.17) is 0 Å². The van der Waals surface area contributed by atoms with Crippen molar-refractivity contribution in [1.82, 2.24) is 15.0 Å². The molecule has 94 valence electrons. The Morgan fingerprint density at radius 2 is 2.11 bits per heavy atom. The maximum absolute atomic E-state index is 4.54. The van der Waals surface area contributed by atoms with E-state index in [1.807, 2.05) is 42.8 Å². The minimum absolute atomic E-state index is 0.851. The number of thiazole rings is 1. The van der Waals surface area contributed by atoms with Crippen molar-refractivity contribution in [1.29, 1.82) is 0 Å². The Morgan fingerprint density at radius 3 is 2.84 bits per heavy atom. The van der Waals surface area contributed by atoms with Crippen molar-refractivity contribution in [2.75, 3.05) is 5.32 Å². The number of pyridine rings is 2. The molecule has 0 aliphatic heterocycles. The summed E-state index contributed by atoms with van der Waals surface area (Å²) in [5.74, 6) is 0. The molecule has 3 aromatic heterocycles. The summed E-state index contributed by atoms with van der Waals surface area (Å²) in [6.45, 7) is 1.97. The minimum Gasteiger partial charge on any atom is -0.330 e. The summed E-state index contributed by atoms with van der Waals surface area (Å²) in [5, 5.41) is 6.11. The average molecular weight is 268 g/mol. The normalized spacial score (nSPS) is 10.4. The van der Waals surface area contributed by atoms with Gasteiger partial charge in [-0.2, -0.15) is 0 Å². The summed E-state index contributed by atoms with van der Waals surface area (Å²) >= 11 is 1.57. The van der Waals surface area contributed by atoms with E-state index in [1.54, 1.807) is 23.7 Å². The first-order valence-electron chi connectivity index (χ1n) is 5.87. The summed E-state index contributed by atoms with van der Waals surface area (Å²) in [6.07, 6.45) is 5.37. The zero-order chi connectivity index (χ0) is 13.1.